The van der Waals surface area contributed by atoms with Crippen molar-refractivity contribution in [1.29, 1.82) is 0 Å². The molecule has 2 aromatic rings. The van der Waals surface area contributed by atoms with Gasteiger partial charge in [0.1, 0.15) is 0 Å². The number of benzene rings is 1. The highest BCUT2D eigenvalue weighted by atomic mass is 16.1. The lowest BCUT2D eigenvalue weighted by Gasteiger charge is -2.08. The summed E-state index contributed by atoms with van der Waals surface area (Å²) in [5.74, 6) is -0.134. The summed E-state index contributed by atoms with van der Waals surface area (Å²) in [6, 6.07) is 12.1. The fourth-order valence-corrected chi connectivity index (χ4v) is 2.01. The van der Waals surface area contributed by atoms with Crippen LogP contribution in [0.25, 0.3) is 0 Å². The molecule has 1 amide bonds. The molecule has 0 unspecified atom stereocenters. The van der Waals surface area contributed by atoms with Crippen molar-refractivity contribution in [3.05, 3.63) is 59.9 Å². The number of pyridine rings is 1. The Morgan fingerprint density at radius 3 is 2.90 bits per heavy atom. The van der Waals surface area contributed by atoms with E-state index < -0.39 is 0 Å². The molecule has 20 heavy (non-hydrogen) atoms. The van der Waals surface area contributed by atoms with Crippen LogP contribution in [-0.2, 0) is 6.54 Å². The minimum Gasteiger partial charge on any atom is -0.322 e. The highest BCUT2D eigenvalue weighted by Gasteiger charge is 2.19. The quantitative estimate of drug-likeness (QED) is 0.875. The van der Waals surface area contributed by atoms with E-state index >= 15 is 0 Å². The van der Waals surface area contributed by atoms with E-state index in [0.29, 0.717) is 11.6 Å². The molecule has 1 heterocycles. The van der Waals surface area contributed by atoms with Crippen LogP contribution in [0.3, 0.4) is 0 Å². The minimum atomic E-state index is -0.134. The van der Waals surface area contributed by atoms with E-state index in [9.17, 15) is 4.79 Å². The lowest BCUT2D eigenvalue weighted by atomic mass is 10.2. The summed E-state index contributed by atoms with van der Waals surface area (Å²) >= 11 is 0. The molecule has 4 heteroatoms. The van der Waals surface area contributed by atoms with Gasteiger partial charge in [-0.25, -0.2) is 0 Å². The van der Waals surface area contributed by atoms with Gasteiger partial charge in [0.15, 0.2) is 0 Å². The fraction of sp³-hybridized carbons (Fsp3) is 0.250. The van der Waals surface area contributed by atoms with Gasteiger partial charge >= 0.3 is 0 Å². The van der Waals surface area contributed by atoms with Gasteiger partial charge in [0, 0.05) is 30.7 Å². The van der Waals surface area contributed by atoms with Crippen molar-refractivity contribution >= 4 is 11.6 Å². The molecule has 4 nitrogen and oxygen atoms in total. The Kier molecular flexibility index (Phi) is 3.74. The predicted molar refractivity (Wildman–Crippen MR) is 78.5 cm³/mol. The van der Waals surface area contributed by atoms with Crippen molar-refractivity contribution < 1.29 is 4.79 Å². The van der Waals surface area contributed by atoms with Crippen molar-refractivity contribution in [2.24, 2.45) is 0 Å². The molecule has 0 saturated heterocycles. The lowest BCUT2D eigenvalue weighted by Crippen LogP contribution is -2.16. The molecule has 0 bridgehead atoms. The van der Waals surface area contributed by atoms with E-state index in [4.69, 9.17) is 0 Å². The maximum atomic E-state index is 12.0. The molecule has 0 atom stereocenters. The van der Waals surface area contributed by atoms with Crippen LogP contribution in [0, 0.1) is 0 Å². The normalized spacial score (nSPS) is 14.0. The van der Waals surface area contributed by atoms with Gasteiger partial charge in [-0.1, -0.05) is 12.1 Å². The van der Waals surface area contributed by atoms with Gasteiger partial charge in [0.05, 0.1) is 5.56 Å². The first kappa shape index (κ1) is 12.8. The third kappa shape index (κ3) is 3.42. The van der Waals surface area contributed by atoms with Crippen LogP contribution < -0.4 is 10.6 Å². The molecule has 102 valence electrons. The Hall–Kier alpha value is -2.20. The molecule has 2 N–H and O–H groups in total. The molecule has 1 aromatic heterocycles. The summed E-state index contributed by atoms with van der Waals surface area (Å²) < 4.78 is 0. The Morgan fingerprint density at radius 2 is 2.15 bits per heavy atom. The summed E-state index contributed by atoms with van der Waals surface area (Å²) in [4.78, 5) is 16.0. The predicted octanol–water partition coefficient (Wildman–Crippen LogP) is 2.59. The van der Waals surface area contributed by atoms with E-state index in [-0.39, 0.29) is 5.91 Å². The van der Waals surface area contributed by atoms with E-state index in [1.807, 2.05) is 18.2 Å². The second kappa shape index (κ2) is 5.84. The molecule has 1 aliphatic carbocycles. The van der Waals surface area contributed by atoms with Crippen molar-refractivity contribution in [3.63, 3.8) is 0 Å². The van der Waals surface area contributed by atoms with Crippen LogP contribution >= 0.6 is 0 Å². The monoisotopic (exact) mass is 267 g/mol. The second-order valence-electron chi connectivity index (χ2n) is 5.05. The number of carbonyl (C=O) groups is 1. The maximum Gasteiger partial charge on any atom is 0.257 e. The third-order valence-electron chi connectivity index (χ3n) is 3.28. The first-order valence-electron chi connectivity index (χ1n) is 6.85. The van der Waals surface area contributed by atoms with Gasteiger partial charge in [0.2, 0.25) is 0 Å². The highest BCUT2D eigenvalue weighted by Crippen LogP contribution is 2.20. The zero-order valence-electron chi connectivity index (χ0n) is 11.2. The Labute approximate surface area is 118 Å². The average molecular weight is 267 g/mol. The van der Waals surface area contributed by atoms with E-state index in [1.165, 1.54) is 18.4 Å². The topological polar surface area (TPSA) is 54.0 Å². The molecule has 0 aliphatic heterocycles. The highest BCUT2D eigenvalue weighted by molar-refractivity contribution is 6.04. The number of amides is 1. The Bertz CT molecular complexity index is 594. The maximum absolute atomic E-state index is 12.0. The number of nitrogens with zero attached hydrogens (tertiary/aromatic N) is 1. The summed E-state index contributed by atoms with van der Waals surface area (Å²) in [6.45, 7) is 0.848. The number of rotatable bonds is 5. The SMILES string of the molecule is O=C(Nc1cccc(CNC2CC2)c1)c1cccnc1. The molecule has 1 fully saturated rings. The molecule has 0 spiro atoms. The zero-order chi connectivity index (χ0) is 13.8. The van der Waals surface area contributed by atoms with Gasteiger partial charge in [-0.15, -0.1) is 0 Å². The van der Waals surface area contributed by atoms with Gasteiger partial charge in [0.25, 0.3) is 5.91 Å². The fourth-order valence-electron chi connectivity index (χ4n) is 2.01. The molecule has 1 saturated carbocycles. The zero-order valence-corrected chi connectivity index (χ0v) is 11.2. The van der Waals surface area contributed by atoms with Crippen LogP contribution in [0.2, 0.25) is 0 Å². The van der Waals surface area contributed by atoms with Crippen LogP contribution in [0.4, 0.5) is 5.69 Å². The first-order valence-corrected chi connectivity index (χ1v) is 6.85. The third-order valence-corrected chi connectivity index (χ3v) is 3.28. The largest absolute Gasteiger partial charge is 0.322 e. The number of hydrogen-bond donors (Lipinski definition) is 2. The molecular formula is C16H17N3O. The van der Waals surface area contributed by atoms with Crippen molar-refractivity contribution in [2.45, 2.75) is 25.4 Å². The molecule has 3 rings (SSSR count). The van der Waals surface area contributed by atoms with Crippen LogP contribution in [0.1, 0.15) is 28.8 Å². The Balaban J connectivity index is 1.64. The smallest absolute Gasteiger partial charge is 0.257 e. The summed E-state index contributed by atoms with van der Waals surface area (Å²) in [6.07, 6.45) is 5.77. The van der Waals surface area contributed by atoms with E-state index in [1.54, 1.807) is 24.5 Å². The van der Waals surface area contributed by atoms with E-state index in [0.717, 1.165) is 12.2 Å². The standard InChI is InChI=1S/C16H17N3O/c20-16(13-4-2-8-17-11-13)19-15-5-1-3-12(9-15)10-18-14-6-7-14/h1-5,8-9,11,14,18H,6-7,10H2,(H,19,20). The van der Waals surface area contributed by atoms with Gasteiger partial charge in [-0.2, -0.15) is 0 Å². The molecular weight excluding hydrogens is 250 g/mol. The summed E-state index contributed by atoms with van der Waals surface area (Å²) in [5.41, 5.74) is 2.56. The lowest BCUT2D eigenvalue weighted by molar-refractivity contribution is 0.102. The van der Waals surface area contributed by atoms with Gasteiger partial charge < -0.3 is 10.6 Å². The van der Waals surface area contributed by atoms with Gasteiger partial charge in [-0.05, 0) is 42.7 Å². The van der Waals surface area contributed by atoms with Crippen LogP contribution in [0.15, 0.2) is 48.8 Å². The number of hydrogen-bond acceptors (Lipinski definition) is 3. The molecule has 0 radical (unpaired) electrons. The van der Waals surface area contributed by atoms with Crippen LogP contribution in [0.5, 0.6) is 0 Å². The minimum absolute atomic E-state index is 0.134. The summed E-state index contributed by atoms with van der Waals surface area (Å²) in [5, 5.41) is 6.36. The van der Waals surface area contributed by atoms with Crippen molar-refractivity contribution in [3.8, 4) is 0 Å². The average Bonchev–Trinajstić information content (AvgIpc) is 3.31. The first-order chi connectivity index (χ1) is 9.81. The molecule has 1 aromatic carbocycles. The van der Waals surface area contributed by atoms with Gasteiger partial charge in [-0.3, -0.25) is 9.78 Å². The van der Waals surface area contributed by atoms with E-state index in [2.05, 4.69) is 21.7 Å². The Morgan fingerprint density at radius 1 is 1.25 bits per heavy atom. The number of nitrogens with one attached hydrogen (secondary N) is 2. The summed E-state index contributed by atoms with van der Waals surface area (Å²) in [7, 11) is 0. The van der Waals surface area contributed by atoms with Crippen LogP contribution in [-0.4, -0.2) is 16.9 Å². The second-order valence-corrected chi connectivity index (χ2v) is 5.05. The number of carbonyl (C=O) groups excluding carboxylic acids is 1. The van der Waals surface area contributed by atoms with Crippen molar-refractivity contribution in [1.82, 2.24) is 10.3 Å². The van der Waals surface area contributed by atoms with Crippen molar-refractivity contribution in [2.75, 3.05) is 5.32 Å². The number of aromatic nitrogens is 1. The molecule has 1 aliphatic rings. The number of anilines is 1.